The highest BCUT2D eigenvalue weighted by atomic mass is 32.2. The average Bonchev–Trinajstić information content (AvgIpc) is 3.30. The standard InChI is InChI=1S/C20H30N2O6S/c1-3-8-22(29(25,26)12-4-2)11-10-21-9-7-16(20(23)24)19(21)15-5-6-17-18(13-15)28-14-27-17/h5-6,13,16,19H,3-4,7-12,14H2,1-2H3,(H,23,24). The number of likely N-dealkylation sites (tertiary alicyclic amines) is 1. The number of carboxylic acids is 1. The topological polar surface area (TPSA) is 96.4 Å². The van der Waals surface area contributed by atoms with Gasteiger partial charge >= 0.3 is 5.97 Å². The quantitative estimate of drug-likeness (QED) is 0.613. The van der Waals surface area contributed by atoms with E-state index in [4.69, 9.17) is 9.47 Å². The molecule has 8 nitrogen and oxygen atoms in total. The summed E-state index contributed by atoms with van der Waals surface area (Å²) in [4.78, 5) is 13.9. The number of nitrogens with zero attached hydrogens (tertiary/aromatic N) is 2. The number of sulfonamides is 1. The van der Waals surface area contributed by atoms with Crippen molar-refractivity contribution in [1.29, 1.82) is 0 Å². The Morgan fingerprint density at radius 3 is 2.66 bits per heavy atom. The van der Waals surface area contributed by atoms with Crippen LogP contribution in [0.4, 0.5) is 0 Å². The van der Waals surface area contributed by atoms with Crippen molar-refractivity contribution in [2.24, 2.45) is 5.92 Å². The highest BCUT2D eigenvalue weighted by molar-refractivity contribution is 7.89. The number of hydrogen-bond donors (Lipinski definition) is 1. The molecule has 2 unspecified atom stereocenters. The van der Waals surface area contributed by atoms with Gasteiger partial charge < -0.3 is 14.6 Å². The van der Waals surface area contributed by atoms with Crippen LogP contribution < -0.4 is 9.47 Å². The van der Waals surface area contributed by atoms with Crippen LogP contribution in [-0.2, 0) is 14.8 Å². The summed E-state index contributed by atoms with van der Waals surface area (Å²) in [6.07, 6.45) is 1.85. The fourth-order valence-electron chi connectivity index (χ4n) is 4.17. The predicted octanol–water partition coefficient (Wildman–Crippen LogP) is 2.31. The molecule has 0 spiro atoms. The Hall–Kier alpha value is -1.84. The first-order valence-corrected chi connectivity index (χ1v) is 11.8. The molecule has 1 saturated heterocycles. The Labute approximate surface area is 172 Å². The van der Waals surface area contributed by atoms with Crippen LogP contribution in [0.25, 0.3) is 0 Å². The second-order valence-corrected chi connectivity index (χ2v) is 9.63. The van der Waals surface area contributed by atoms with Crippen LogP contribution in [0.15, 0.2) is 18.2 Å². The van der Waals surface area contributed by atoms with E-state index >= 15 is 0 Å². The van der Waals surface area contributed by atoms with Crippen molar-refractivity contribution >= 4 is 16.0 Å². The largest absolute Gasteiger partial charge is 0.481 e. The van der Waals surface area contributed by atoms with Crippen molar-refractivity contribution in [3.8, 4) is 11.5 Å². The van der Waals surface area contributed by atoms with E-state index in [0.717, 1.165) is 12.0 Å². The third-order valence-corrected chi connectivity index (χ3v) is 7.60. The van der Waals surface area contributed by atoms with Gasteiger partial charge in [-0.15, -0.1) is 0 Å². The van der Waals surface area contributed by atoms with Crippen molar-refractivity contribution in [3.63, 3.8) is 0 Å². The number of aliphatic carboxylic acids is 1. The molecule has 1 aromatic carbocycles. The van der Waals surface area contributed by atoms with Gasteiger partial charge in [-0.1, -0.05) is 19.9 Å². The van der Waals surface area contributed by atoms with E-state index in [2.05, 4.69) is 4.90 Å². The Bertz CT molecular complexity index is 828. The molecule has 9 heteroatoms. The monoisotopic (exact) mass is 426 g/mol. The molecule has 0 radical (unpaired) electrons. The van der Waals surface area contributed by atoms with Gasteiger partial charge in [-0.3, -0.25) is 9.69 Å². The predicted molar refractivity (Wildman–Crippen MR) is 109 cm³/mol. The molecule has 1 aromatic rings. The lowest BCUT2D eigenvalue weighted by molar-refractivity contribution is -0.142. The summed E-state index contributed by atoms with van der Waals surface area (Å²) in [7, 11) is -3.29. The van der Waals surface area contributed by atoms with Crippen LogP contribution in [-0.4, -0.2) is 67.4 Å². The number of rotatable bonds is 10. The number of benzene rings is 1. The zero-order valence-electron chi connectivity index (χ0n) is 17.0. The number of hydrogen-bond acceptors (Lipinski definition) is 6. The van der Waals surface area contributed by atoms with Crippen molar-refractivity contribution in [2.75, 3.05) is 38.7 Å². The first-order chi connectivity index (χ1) is 13.9. The van der Waals surface area contributed by atoms with E-state index in [-0.39, 0.29) is 18.6 Å². The van der Waals surface area contributed by atoms with E-state index in [9.17, 15) is 18.3 Å². The summed E-state index contributed by atoms with van der Waals surface area (Å²) in [5.41, 5.74) is 0.859. The summed E-state index contributed by atoms with van der Waals surface area (Å²) in [6, 6.07) is 5.21. The maximum atomic E-state index is 12.6. The second-order valence-electron chi connectivity index (χ2n) is 7.54. The normalized spacial score (nSPS) is 21.8. The molecule has 0 saturated carbocycles. The van der Waals surface area contributed by atoms with E-state index in [1.807, 2.05) is 32.0 Å². The summed E-state index contributed by atoms with van der Waals surface area (Å²) in [6.45, 7) is 5.93. The molecule has 2 aliphatic rings. The number of ether oxygens (including phenoxy) is 2. The highest BCUT2D eigenvalue weighted by Gasteiger charge is 2.40. The molecule has 1 N–H and O–H groups in total. The van der Waals surface area contributed by atoms with E-state index in [1.54, 1.807) is 4.31 Å². The van der Waals surface area contributed by atoms with Gasteiger partial charge in [-0.05, 0) is 43.5 Å². The maximum absolute atomic E-state index is 12.6. The maximum Gasteiger partial charge on any atom is 0.308 e. The minimum atomic E-state index is -3.29. The van der Waals surface area contributed by atoms with Crippen LogP contribution in [0.1, 0.15) is 44.7 Å². The molecule has 0 amide bonds. The molecule has 3 rings (SSSR count). The van der Waals surface area contributed by atoms with Crippen LogP contribution in [0.2, 0.25) is 0 Å². The molecule has 0 aliphatic carbocycles. The molecule has 1 fully saturated rings. The Balaban J connectivity index is 1.79. The fourth-order valence-corrected chi connectivity index (χ4v) is 5.77. The summed E-state index contributed by atoms with van der Waals surface area (Å²) >= 11 is 0. The van der Waals surface area contributed by atoms with Crippen LogP contribution in [0.3, 0.4) is 0 Å². The summed E-state index contributed by atoms with van der Waals surface area (Å²) < 4.78 is 37.5. The third kappa shape index (κ3) is 4.84. The number of carbonyl (C=O) groups is 1. The second kappa shape index (κ2) is 9.32. The van der Waals surface area contributed by atoms with E-state index < -0.39 is 21.9 Å². The van der Waals surface area contributed by atoms with Crippen molar-refractivity contribution in [3.05, 3.63) is 23.8 Å². The highest BCUT2D eigenvalue weighted by Crippen LogP contribution is 2.41. The minimum absolute atomic E-state index is 0.135. The molecule has 0 bridgehead atoms. The minimum Gasteiger partial charge on any atom is -0.481 e. The van der Waals surface area contributed by atoms with Gasteiger partial charge in [0.1, 0.15) is 0 Å². The van der Waals surface area contributed by atoms with Gasteiger partial charge in [-0.25, -0.2) is 12.7 Å². The summed E-state index contributed by atoms with van der Waals surface area (Å²) in [5, 5.41) is 9.73. The molecular weight excluding hydrogens is 396 g/mol. The van der Waals surface area contributed by atoms with Gasteiger partial charge in [0, 0.05) is 25.7 Å². The lowest BCUT2D eigenvalue weighted by Gasteiger charge is -2.30. The van der Waals surface area contributed by atoms with Gasteiger partial charge in [-0.2, -0.15) is 0 Å². The Morgan fingerprint density at radius 1 is 1.21 bits per heavy atom. The zero-order chi connectivity index (χ0) is 21.0. The molecule has 0 aromatic heterocycles. The van der Waals surface area contributed by atoms with Gasteiger partial charge in [0.2, 0.25) is 16.8 Å². The molecular formula is C20H30N2O6S. The van der Waals surface area contributed by atoms with Crippen LogP contribution in [0, 0.1) is 5.92 Å². The van der Waals surface area contributed by atoms with Crippen LogP contribution in [0.5, 0.6) is 11.5 Å². The number of carboxylic acid groups (broad SMARTS) is 1. The lowest BCUT2D eigenvalue weighted by atomic mass is 9.93. The van der Waals surface area contributed by atoms with Crippen LogP contribution >= 0.6 is 0 Å². The fraction of sp³-hybridized carbons (Fsp3) is 0.650. The van der Waals surface area contributed by atoms with E-state index in [1.165, 1.54) is 0 Å². The molecule has 29 heavy (non-hydrogen) atoms. The molecule has 162 valence electrons. The van der Waals surface area contributed by atoms with Gasteiger partial charge in [0.05, 0.1) is 11.7 Å². The van der Waals surface area contributed by atoms with Crippen molar-refractivity contribution in [1.82, 2.24) is 9.21 Å². The Morgan fingerprint density at radius 2 is 1.97 bits per heavy atom. The lowest BCUT2D eigenvalue weighted by Crippen LogP contribution is -2.40. The average molecular weight is 427 g/mol. The van der Waals surface area contributed by atoms with Gasteiger partial charge in [0.25, 0.3) is 0 Å². The Kier molecular flexibility index (Phi) is 7.02. The van der Waals surface area contributed by atoms with Gasteiger partial charge in [0.15, 0.2) is 11.5 Å². The van der Waals surface area contributed by atoms with E-state index in [0.29, 0.717) is 50.5 Å². The zero-order valence-corrected chi connectivity index (χ0v) is 17.9. The molecule has 2 aliphatic heterocycles. The SMILES string of the molecule is CCCN(CCN1CCC(C(=O)O)C1c1ccc2c(c1)OCO2)S(=O)(=O)CCC. The molecule has 2 atom stereocenters. The first-order valence-electron chi connectivity index (χ1n) is 10.2. The smallest absolute Gasteiger partial charge is 0.308 e. The first kappa shape index (κ1) is 21.9. The molecule has 2 heterocycles. The van der Waals surface area contributed by atoms with Crippen molar-refractivity contribution < 1.29 is 27.8 Å². The number of fused-ring (bicyclic) bond motifs is 1. The van der Waals surface area contributed by atoms with Crippen molar-refractivity contribution in [2.45, 2.75) is 39.2 Å². The third-order valence-electron chi connectivity index (χ3n) is 5.52. The summed E-state index contributed by atoms with van der Waals surface area (Å²) in [5.74, 6) is 0.0408.